The fraction of sp³-hybridized carbons (Fsp3) is 0.353. The van der Waals surface area contributed by atoms with Crippen molar-refractivity contribution in [3.8, 4) is 17.1 Å². The second-order valence-electron chi connectivity index (χ2n) is 6.01. The van der Waals surface area contributed by atoms with E-state index in [9.17, 15) is 9.59 Å². The van der Waals surface area contributed by atoms with Crippen molar-refractivity contribution < 1.29 is 23.6 Å². The highest BCUT2D eigenvalue weighted by Crippen LogP contribution is 2.37. The molecular weight excluding hydrogens is 326 g/mol. The largest absolute Gasteiger partial charge is 0.488 e. The standard InChI is InChI=1S/C17H17N3O5/c1-10(21)18-7-13-9-20(17(22)24-13)12-2-3-14-11(6-12)4-5-23-15-8-19-25-16(14)15/h2-3,6,8,13H,4-5,7,9H2,1H3,(H,18,21)/t13-/m0/s1. The van der Waals surface area contributed by atoms with Gasteiger partial charge in [0.1, 0.15) is 12.3 Å². The SMILES string of the molecule is CC(=O)NC[C@H]1CN(c2ccc3c(c2)CCOc2cnoc2-3)C(=O)O1. The molecule has 0 bridgehead atoms. The number of nitrogens with zero attached hydrogens (tertiary/aromatic N) is 2. The van der Waals surface area contributed by atoms with Gasteiger partial charge in [-0.15, -0.1) is 0 Å². The fourth-order valence-electron chi connectivity index (χ4n) is 3.06. The van der Waals surface area contributed by atoms with Gasteiger partial charge < -0.3 is 19.3 Å². The number of benzene rings is 1. The Morgan fingerprint density at radius 1 is 1.44 bits per heavy atom. The third kappa shape index (κ3) is 2.90. The average Bonchev–Trinajstić information content (AvgIpc) is 3.15. The molecule has 2 amide bonds. The number of rotatable bonds is 3. The van der Waals surface area contributed by atoms with Gasteiger partial charge in [-0.25, -0.2) is 4.79 Å². The van der Waals surface area contributed by atoms with Crippen LogP contribution in [0.15, 0.2) is 28.9 Å². The number of ether oxygens (including phenoxy) is 2. The van der Waals surface area contributed by atoms with Crippen molar-refractivity contribution in [1.82, 2.24) is 10.5 Å². The predicted octanol–water partition coefficient (Wildman–Crippen LogP) is 1.74. The van der Waals surface area contributed by atoms with Gasteiger partial charge in [0.15, 0.2) is 5.75 Å². The van der Waals surface area contributed by atoms with Crippen LogP contribution in [0.2, 0.25) is 0 Å². The molecule has 1 aromatic heterocycles. The summed E-state index contributed by atoms with van der Waals surface area (Å²) >= 11 is 0. The second kappa shape index (κ2) is 6.12. The maximum Gasteiger partial charge on any atom is 0.414 e. The first-order chi connectivity index (χ1) is 12.1. The topological polar surface area (TPSA) is 93.9 Å². The number of cyclic esters (lactones) is 1. The molecule has 2 aliphatic rings. The maximum absolute atomic E-state index is 12.2. The van der Waals surface area contributed by atoms with E-state index in [4.69, 9.17) is 14.0 Å². The second-order valence-corrected chi connectivity index (χ2v) is 6.01. The van der Waals surface area contributed by atoms with Gasteiger partial charge in [-0.05, 0) is 23.8 Å². The molecular formula is C17H17N3O5. The predicted molar refractivity (Wildman–Crippen MR) is 87.4 cm³/mol. The molecule has 1 aromatic carbocycles. The zero-order chi connectivity index (χ0) is 17.4. The first-order valence-corrected chi connectivity index (χ1v) is 8.05. The van der Waals surface area contributed by atoms with E-state index < -0.39 is 6.09 Å². The minimum Gasteiger partial charge on any atom is -0.488 e. The van der Waals surface area contributed by atoms with Crippen molar-refractivity contribution >= 4 is 17.7 Å². The van der Waals surface area contributed by atoms with Crippen LogP contribution in [0.5, 0.6) is 5.75 Å². The van der Waals surface area contributed by atoms with Crippen LogP contribution < -0.4 is 15.0 Å². The molecule has 0 spiro atoms. The Morgan fingerprint density at radius 2 is 2.32 bits per heavy atom. The van der Waals surface area contributed by atoms with Gasteiger partial charge in [-0.2, -0.15) is 0 Å². The molecule has 1 N–H and O–H groups in total. The Bertz CT molecular complexity index is 831. The van der Waals surface area contributed by atoms with E-state index in [0.29, 0.717) is 37.6 Å². The van der Waals surface area contributed by atoms with Crippen LogP contribution in [0.1, 0.15) is 12.5 Å². The molecule has 2 aliphatic heterocycles. The summed E-state index contributed by atoms with van der Waals surface area (Å²) < 4.78 is 16.2. The summed E-state index contributed by atoms with van der Waals surface area (Å²) in [5, 5.41) is 6.45. The molecule has 3 heterocycles. The van der Waals surface area contributed by atoms with E-state index in [2.05, 4.69) is 10.5 Å². The van der Waals surface area contributed by atoms with Crippen LogP contribution in [-0.2, 0) is 16.0 Å². The summed E-state index contributed by atoms with van der Waals surface area (Å²) in [6.07, 6.45) is 1.48. The smallest absolute Gasteiger partial charge is 0.414 e. The van der Waals surface area contributed by atoms with Crippen molar-refractivity contribution in [2.45, 2.75) is 19.4 Å². The number of nitrogens with one attached hydrogen (secondary N) is 1. The Kier molecular flexibility index (Phi) is 3.79. The minimum atomic E-state index is -0.416. The number of anilines is 1. The average molecular weight is 343 g/mol. The van der Waals surface area contributed by atoms with Gasteiger partial charge in [-0.3, -0.25) is 9.69 Å². The van der Waals surface area contributed by atoms with Crippen molar-refractivity contribution in [3.63, 3.8) is 0 Å². The molecule has 130 valence electrons. The number of aromatic nitrogens is 1. The number of amides is 2. The van der Waals surface area contributed by atoms with Crippen LogP contribution in [0.3, 0.4) is 0 Å². The Labute approximate surface area is 143 Å². The molecule has 8 nitrogen and oxygen atoms in total. The highest BCUT2D eigenvalue weighted by molar-refractivity contribution is 5.90. The lowest BCUT2D eigenvalue weighted by Gasteiger charge is -2.15. The molecule has 1 atom stereocenters. The summed E-state index contributed by atoms with van der Waals surface area (Å²) in [5.41, 5.74) is 2.68. The highest BCUT2D eigenvalue weighted by atomic mass is 16.6. The van der Waals surface area contributed by atoms with Gasteiger partial charge in [0.05, 0.1) is 19.7 Å². The van der Waals surface area contributed by atoms with Crippen LogP contribution in [0, 0.1) is 0 Å². The molecule has 25 heavy (non-hydrogen) atoms. The molecule has 2 aromatic rings. The van der Waals surface area contributed by atoms with E-state index in [1.807, 2.05) is 18.2 Å². The first-order valence-electron chi connectivity index (χ1n) is 8.05. The zero-order valence-electron chi connectivity index (χ0n) is 13.7. The first kappa shape index (κ1) is 15.5. The lowest BCUT2D eigenvalue weighted by atomic mass is 10.0. The van der Waals surface area contributed by atoms with Crippen LogP contribution >= 0.6 is 0 Å². The van der Waals surface area contributed by atoms with E-state index >= 15 is 0 Å². The van der Waals surface area contributed by atoms with E-state index in [-0.39, 0.29) is 12.0 Å². The Balaban J connectivity index is 1.58. The molecule has 0 saturated carbocycles. The molecule has 1 saturated heterocycles. The number of hydrogen-bond acceptors (Lipinski definition) is 6. The molecule has 0 aliphatic carbocycles. The summed E-state index contributed by atoms with van der Waals surface area (Å²) in [7, 11) is 0. The molecule has 1 fully saturated rings. The van der Waals surface area contributed by atoms with Crippen molar-refractivity contribution in [3.05, 3.63) is 30.0 Å². The summed E-state index contributed by atoms with van der Waals surface area (Å²) in [4.78, 5) is 24.7. The maximum atomic E-state index is 12.2. The third-order valence-electron chi connectivity index (χ3n) is 4.26. The molecule has 8 heteroatoms. The summed E-state index contributed by atoms with van der Waals surface area (Å²) in [6.45, 7) is 2.64. The fourth-order valence-corrected chi connectivity index (χ4v) is 3.06. The number of hydrogen-bond donors (Lipinski definition) is 1. The summed E-state index contributed by atoms with van der Waals surface area (Å²) in [6, 6.07) is 5.69. The van der Waals surface area contributed by atoms with Crippen LogP contribution in [0.25, 0.3) is 11.3 Å². The van der Waals surface area contributed by atoms with Gasteiger partial charge in [0.25, 0.3) is 0 Å². The van der Waals surface area contributed by atoms with E-state index in [1.165, 1.54) is 6.92 Å². The highest BCUT2D eigenvalue weighted by Gasteiger charge is 2.33. The van der Waals surface area contributed by atoms with Crippen LogP contribution in [0.4, 0.5) is 10.5 Å². The quantitative estimate of drug-likeness (QED) is 0.912. The van der Waals surface area contributed by atoms with Crippen molar-refractivity contribution in [2.24, 2.45) is 0 Å². The lowest BCUT2D eigenvalue weighted by molar-refractivity contribution is -0.119. The number of carbonyl (C=O) groups excluding carboxylic acids is 2. The monoisotopic (exact) mass is 343 g/mol. The van der Waals surface area contributed by atoms with Gasteiger partial charge >= 0.3 is 6.09 Å². The number of carbonyl (C=O) groups is 2. The van der Waals surface area contributed by atoms with Gasteiger partial charge in [0.2, 0.25) is 11.7 Å². The van der Waals surface area contributed by atoms with Gasteiger partial charge in [0, 0.05) is 24.6 Å². The summed E-state index contributed by atoms with van der Waals surface area (Å²) in [5.74, 6) is 1.08. The number of fused-ring (bicyclic) bond motifs is 3. The van der Waals surface area contributed by atoms with Gasteiger partial charge in [-0.1, -0.05) is 5.16 Å². The molecule has 0 unspecified atom stereocenters. The van der Waals surface area contributed by atoms with Crippen molar-refractivity contribution in [2.75, 3.05) is 24.6 Å². The zero-order valence-corrected chi connectivity index (χ0v) is 13.7. The minimum absolute atomic E-state index is 0.151. The van der Waals surface area contributed by atoms with Crippen molar-refractivity contribution in [1.29, 1.82) is 0 Å². The third-order valence-corrected chi connectivity index (χ3v) is 4.26. The Morgan fingerprint density at radius 3 is 3.16 bits per heavy atom. The molecule has 0 radical (unpaired) electrons. The lowest BCUT2D eigenvalue weighted by Crippen LogP contribution is -2.33. The Hall–Kier alpha value is -3.03. The van der Waals surface area contributed by atoms with E-state index in [1.54, 1.807) is 11.1 Å². The van der Waals surface area contributed by atoms with E-state index in [0.717, 1.165) is 16.8 Å². The molecule has 4 rings (SSSR count). The van der Waals surface area contributed by atoms with Crippen LogP contribution in [-0.4, -0.2) is 43.0 Å². The normalized spacial score (nSPS) is 18.7.